The van der Waals surface area contributed by atoms with Gasteiger partial charge in [0, 0.05) is 0 Å². The van der Waals surface area contributed by atoms with E-state index in [1.165, 1.54) is 44.3 Å². The Bertz CT molecular complexity index is 358. The lowest BCUT2D eigenvalue weighted by atomic mass is 9.79. The molecule has 18 heavy (non-hydrogen) atoms. The molecule has 1 aliphatic heterocycles. The molecule has 1 N–H and O–H groups in total. The van der Waals surface area contributed by atoms with Gasteiger partial charge in [-0.2, -0.15) is 0 Å². The number of hydrogen-bond donors (Lipinski definition) is 1. The van der Waals surface area contributed by atoms with Gasteiger partial charge in [-0.25, -0.2) is 0 Å². The van der Waals surface area contributed by atoms with Crippen LogP contribution < -0.4 is 10.1 Å². The summed E-state index contributed by atoms with van der Waals surface area (Å²) in [6.45, 7) is 4.64. The molecule has 0 saturated carbocycles. The fourth-order valence-corrected chi connectivity index (χ4v) is 3.08. The molecule has 2 atom stereocenters. The molecule has 0 amide bonds. The summed E-state index contributed by atoms with van der Waals surface area (Å²) in [7, 11) is 1.75. The van der Waals surface area contributed by atoms with Crippen molar-refractivity contribution >= 4 is 0 Å². The Morgan fingerprint density at radius 1 is 1.44 bits per heavy atom. The molecule has 2 rings (SSSR count). The van der Waals surface area contributed by atoms with Crippen molar-refractivity contribution in [3.05, 3.63) is 29.8 Å². The monoisotopic (exact) mass is 247 g/mol. The highest BCUT2D eigenvalue weighted by molar-refractivity contribution is 5.31. The van der Waals surface area contributed by atoms with E-state index in [1.807, 2.05) is 6.07 Å². The van der Waals surface area contributed by atoms with Gasteiger partial charge in [0.25, 0.3) is 0 Å². The third-order valence-corrected chi connectivity index (χ3v) is 4.03. The number of methoxy groups -OCH3 is 1. The van der Waals surface area contributed by atoms with Crippen LogP contribution in [0.4, 0.5) is 0 Å². The molecule has 2 nitrogen and oxygen atoms in total. The number of rotatable bonds is 5. The van der Waals surface area contributed by atoms with E-state index in [0.717, 1.165) is 11.7 Å². The lowest BCUT2D eigenvalue weighted by Gasteiger charge is -2.31. The Balaban J connectivity index is 2.16. The highest BCUT2D eigenvalue weighted by Gasteiger charge is 2.24. The first-order valence-corrected chi connectivity index (χ1v) is 7.19. The average Bonchev–Trinajstić information content (AvgIpc) is 2.46. The Morgan fingerprint density at radius 3 is 3.00 bits per heavy atom. The molecule has 2 heteroatoms. The molecule has 1 saturated heterocycles. The topological polar surface area (TPSA) is 21.3 Å². The second-order valence-corrected chi connectivity index (χ2v) is 5.28. The molecular formula is C16H25NO. The van der Waals surface area contributed by atoms with Crippen molar-refractivity contribution in [1.82, 2.24) is 5.32 Å². The van der Waals surface area contributed by atoms with Crippen LogP contribution >= 0.6 is 0 Å². The minimum absolute atomic E-state index is 0.679. The summed E-state index contributed by atoms with van der Waals surface area (Å²) in [5.41, 5.74) is 1.45. The van der Waals surface area contributed by atoms with Crippen LogP contribution in [-0.2, 0) is 0 Å². The minimum Gasteiger partial charge on any atom is -0.497 e. The molecule has 1 aromatic carbocycles. The first-order chi connectivity index (χ1) is 8.85. The predicted molar refractivity (Wildman–Crippen MR) is 76.2 cm³/mol. The first kappa shape index (κ1) is 13.4. The highest BCUT2D eigenvalue weighted by Crippen LogP contribution is 2.34. The minimum atomic E-state index is 0.679. The van der Waals surface area contributed by atoms with Gasteiger partial charge < -0.3 is 10.1 Å². The van der Waals surface area contributed by atoms with E-state index in [4.69, 9.17) is 4.74 Å². The summed E-state index contributed by atoms with van der Waals surface area (Å²) in [6, 6.07) is 8.63. The quantitative estimate of drug-likeness (QED) is 0.858. The molecule has 0 aliphatic carbocycles. The van der Waals surface area contributed by atoms with Crippen molar-refractivity contribution in [2.24, 2.45) is 5.92 Å². The van der Waals surface area contributed by atoms with Gasteiger partial charge in [0.05, 0.1) is 7.11 Å². The zero-order valence-corrected chi connectivity index (χ0v) is 11.6. The van der Waals surface area contributed by atoms with Crippen LogP contribution in [0, 0.1) is 5.92 Å². The average molecular weight is 247 g/mol. The summed E-state index contributed by atoms with van der Waals surface area (Å²) in [5, 5.41) is 3.54. The third kappa shape index (κ3) is 3.26. The zero-order chi connectivity index (χ0) is 12.8. The standard InChI is InChI=1S/C16H25NO/c1-3-6-16(14-8-5-10-17-12-14)13-7-4-9-15(11-13)18-2/h4,7,9,11,14,16-17H,3,5-6,8,10,12H2,1-2H3. The molecule has 1 aromatic rings. The highest BCUT2D eigenvalue weighted by atomic mass is 16.5. The van der Waals surface area contributed by atoms with Gasteiger partial charge >= 0.3 is 0 Å². The summed E-state index contributed by atoms with van der Waals surface area (Å²) < 4.78 is 5.35. The van der Waals surface area contributed by atoms with Crippen molar-refractivity contribution in [2.75, 3.05) is 20.2 Å². The second-order valence-electron chi connectivity index (χ2n) is 5.28. The lowest BCUT2D eigenvalue weighted by molar-refractivity contribution is 0.309. The van der Waals surface area contributed by atoms with Crippen molar-refractivity contribution < 1.29 is 4.74 Å². The Morgan fingerprint density at radius 2 is 2.33 bits per heavy atom. The van der Waals surface area contributed by atoms with E-state index in [2.05, 4.69) is 30.4 Å². The van der Waals surface area contributed by atoms with Crippen molar-refractivity contribution in [3.63, 3.8) is 0 Å². The molecule has 1 heterocycles. The SMILES string of the molecule is CCCC(c1cccc(OC)c1)C1CCCNC1. The first-order valence-electron chi connectivity index (χ1n) is 7.19. The third-order valence-electron chi connectivity index (χ3n) is 4.03. The number of nitrogens with one attached hydrogen (secondary N) is 1. The maximum absolute atomic E-state index is 5.35. The Kier molecular flexibility index (Phi) is 5.06. The summed E-state index contributed by atoms with van der Waals surface area (Å²) in [4.78, 5) is 0. The number of hydrogen-bond acceptors (Lipinski definition) is 2. The van der Waals surface area contributed by atoms with Crippen molar-refractivity contribution in [2.45, 2.75) is 38.5 Å². The van der Waals surface area contributed by atoms with E-state index >= 15 is 0 Å². The van der Waals surface area contributed by atoms with Crippen LogP contribution in [0.2, 0.25) is 0 Å². The van der Waals surface area contributed by atoms with E-state index in [9.17, 15) is 0 Å². The smallest absolute Gasteiger partial charge is 0.119 e. The van der Waals surface area contributed by atoms with Gasteiger partial charge in [-0.05, 0) is 61.9 Å². The van der Waals surface area contributed by atoms with Crippen molar-refractivity contribution in [1.29, 1.82) is 0 Å². The number of piperidine rings is 1. The van der Waals surface area contributed by atoms with E-state index in [-0.39, 0.29) is 0 Å². The molecule has 0 aromatic heterocycles. The maximum Gasteiger partial charge on any atom is 0.119 e. The van der Waals surface area contributed by atoms with Crippen LogP contribution in [0.15, 0.2) is 24.3 Å². The molecule has 0 radical (unpaired) electrons. The predicted octanol–water partition coefficient (Wildman–Crippen LogP) is 3.58. The summed E-state index contributed by atoms with van der Waals surface area (Å²) in [5.74, 6) is 2.45. The number of benzene rings is 1. The fourth-order valence-electron chi connectivity index (χ4n) is 3.08. The molecule has 0 spiro atoms. The molecule has 100 valence electrons. The van der Waals surface area contributed by atoms with Crippen molar-refractivity contribution in [3.8, 4) is 5.75 Å². The van der Waals surface area contributed by atoms with Crippen LogP contribution in [0.25, 0.3) is 0 Å². The van der Waals surface area contributed by atoms with Gasteiger partial charge in [-0.1, -0.05) is 25.5 Å². The van der Waals surface area contributed by atoms with Crippen LogP contribution in [0.5, 0.6) is 5.75 Å². The van der Waals surface area contributed by atoms with Crippen LogP contribution in [0.1, 0.15) is 44.1 Å². The van der Waals surface area contributed by atoms with Gasteiger partial charge in [0.2, 0.25) is 0 Å². The van der Waals surface area contributed by atoms with Crippen LogP contribution in [-0.4, -0.2) is 20.2 Å². The Hall–Kier alpha value is -1.02. The molecule has 1 fully saturated rings. The Labute approximate surface area is 111 Å². The second kappa shape index (κ2) is 6.79. The molecule has 1 aliphatic rings. The molecule has 0 bridgehead atoms. The van der Waals surface area contributed by atoms with Gasteiger partial charge in [-0.3, -0.25) is 0 Å². The number of ether oxygens (including phenoxy) is 1. The summed E-state index contributed by atoms with van der Waals surface area (Å²) >= 11 is 0. The normalized spacial score (nSPS) is 21.6. The van der Waals surface area contributed by atoms with Crippen LogP contribution in [0.3, 0.4) is 0 Å². The maximum atomic E-state index is 5.35. The zero-order valence-electron chi connectivity index (χ0n) is 11.6. The largest absolute Gasteiger partial charge is 0.497 e. The van der Waals surface area contributed by atoms with E-state index in [1.54, 1.807) is 7.11 Å². The van der Waals surface area contributed by atoms with Gasteiger partial charge in [-0.15, -0.1) is 0 Å². The van der Waals surface area contributed by atoms with E-state index < -0.39 is 0 Å². The van der Waals surface area contributed by atoms with Gasteiger partial charge in [0.15, 0.2) is 0 Å². The molecule has 2 unspecified atom stereocenters. The molecular weight excluding hydrogens is 222 g/mol. The fraction of sp³-hybridized carbons (Fsp3) is 0.625. The summed E-state index contributed by atoms with van der Waals surface area (Å²) in [6.07, 6.45) is 5.20. The van der Waals surface area contributed by atoms with Gasteiger partial charge in [0.1, 0.15) is 5.75 Å². The lowest BCUT2D eigenvalue weighted by Crippen LogP contribution is -2.33. The van der Waals surface area contributed by atoms with E-state index in [0.29, 0.717) is 5.92 Å².